The van der Waals surface area contributed by atoms with Crippen LogP contribution >= 0.6 is 0 Å². The Morgan fingerprint density at radius 3 is 2.40 bits per heavy atom. The molecule has 2 aromatic rings. The number of esters is 1. The fourth-order valence-electron chi connectivity index (χ4n) is 3.60. The summed E-state index contributed by atoms with van der Waals surface area (Å²) in [5.41, 5.74) is -0.0938. The number of carbonyl (C=O) groups excluding carboxylic acids is 1. The summed E-state index contributed by atoms with van der Waals surface area (Å²) in [7, 11) is -2.73. The van der Waals surface area contributed by atoms with E-state index in [1.54, 1.807) is 18.2 Å². The van der Waals surface area contributed by atoms with Gasteiger partial charge >= 0.3 is 5.97 Å². The van der Waals surface area contributed by atoms with Crippen LogP contribution in [0.3, 0.4) is 0 Å². The molecule has 11 nitrogen and oxygen atoms in total. The third kappa shape index (κ3) is 5.63. The Bertz CT molecular complexity index is 1350. The monoisotopic (exact) mass is 496 g/mol. The zero-order chi connectivity index (χ0) is 25.6. The minimum Gasteiger partial charge on any atom is -0.493 e. The van der Waals surface area contributed by atoms with Crippen LogP contribution in [0.4, 0.5) is 5.69 Å². The second-order valence-electron chi connectivity index (χ2n) is 7.52. The van der Waals surface area contributed by atoms with Crippen LogP contribution in [0.2, 0.25) is 0 Å². The molecule has 0 bridgehead atoms. The first-order chi connectivity index (χ1) is 16.7. The van der Waals surface area contributed by atoms with E-state index in [4.69, 9.17) is 20.0 Å². The van der Waals surface area contributed by atoms with Gasteiger partial charge in [0.05, 0.1) is 18.0 Å². The summed E-state index contributed by atoms with van der Waals surface area (Å²) in [5, 5.41) is 29.0. The Labute approximate surface area is 201 Å². The quantitative estimate of drug-likeness (QED) is 0.184. The molecule has 0 radical (unpaired) electrons. The van der Waals surface area contributed by atoms with Crippen molar-refractivity contribution in [3.05, 3.63) is 63.7 Å². The predicted octanol–water partition coefficient (Wildman–Crippen LogP) is 3.04. The van der Waals surface area contributed by atoms with E-state index in [9.17, 15) is 23.3 Å². The first-order valence-corrected chi connectivity index (χ1v) is 11.8. The smallest absolute Gasteiger partial charge is 0.314 e. The van der Waals surface area contributed by atoms with Crippen LogP contribution in [-0.2, 0) is 14.8 Å². The number of carbonyl (C=O) groups is 1. The number of nitro groups is 1. The third-order valence-electron chi connectivity index (χ3n) is 5.42. The largest absolute Gasteiger partial charge is 0.493 e. The van der Waals surface area contributed by atoms with Gasteiger partial charge in [-0.15, -0.1) is 0 Å². The summed E-state index contributed by atoms with van der Waals surface area (Å²) in [4.78, 5) is 22.8. The lowest BCUT2D eigenvalue weighted by molar-refractivity contribution is -0.387. The number of piperidine rings is 1. The maximum absolute atomic E-state index is 13.0. The van der Waals surface area contributed by atoms with Gasteiger partial charge in [-0.25, -0.2) is 8.42 Å². The number of hydrogen-bond donors (Lipinski definition) is 0. The lowest BCUT2D eigenvalue weighted by atomic mass is 9.98. The molecule has 35 heavy (non-hydrogen) atoms. The van der Waals surface area contributed by atoms with Crippen molar-refractivity contribution in [2.45, 2.75) is 17.7 Å². The Balaban J connectivity index is 1.69. The molecule has 1 aliphatic heterocycles. The predicted molar refractivity (Wildman–Crippen MR) is 122 cm³/mol. The number of rotatable bonds is 7. The topological polar surface area (TPSA) is 164 Å². The Hall–Kier alpha value is -4.26. The van der Waals surface area contributed by atoms with Gasteiger partial charge in [0.25, 0.3) is 5.69 Å². The summed E-state index contributed by atoms with van der Waals surface area (Å²) in [5.74, 6) is -0.789. The van der Waals surface area contributed by atoms with Crippen LogP contribution in [0.5, 0.6) is 11.5 Å². The molecule has 1 heterocycles. The molecule has 1 aliphatic rings. The van der Waals surface area contributed by atoms with E-state index in [-0.39, 0.29) is 47.9 Å². The fraction of sp³-hybridized carbons (Fsp3) is 0.261. The molecule has 1 fully saturated rings. The highest BCUT2D eigenvalue weighted by Crippen LogP contribution is 2.32. The third-order valence-corrected chi connectivity index (χ3v) is 7.36. The molecule has 12 heteroatoms. The number of ether oxygens (including phenoxy) is 2. The zero-order valence-corrected chi connectivity index (χ0v) is 19.4. The van der Waals surface area contributed by atoms with Crippen molar-refractivity contribution < 1.29 is 27.6 Å². The van der Waals surface area contributed by atoms with Crippen LogP contribution in [-0.4, -0.2) is 43.8 Å². The molecule has 180 valence electrons. The molecular formula is C23H20N4O7S. The minimum atomic E-state index is -4.11. The van der Waals surface area contributed by atoms with Gasteiger partial charge in [0.2, 0.25) is 10.0 Å². The van der Waals surface area contributed by atoms with E-state index in [0.717, 1.165) is 10.4 Å². The molecule has 0 atom stereocenters. The number of nitrogens with zero attached hydrogens (tertiary/aromatic N) is 4. The minimum absolute atomic E-state index is 0.000112. The molecule has 2 aromatic carbocycles. The van der Waals surface area contributed by atoms with E-state index < -0.39 is 32.5 Å². The van der Waals surface area contributed by atoms with Gasteiger partial charge in [-0.05, 0) is 42.7 Å². The summed E-state index contributed by atoms with van der Waals surface area (Å²) in [6.45, 7) is 0.000223. The Kier molecular flexibility index (Phi) is 7.81. The molecule has 0 amide bonds. The van der Waals surface area contributed by atoms with Crippen molar-refractivity contribution in [1.29, 1.82) is 10.5 Å². The molecule has 0 aromatic heterocycles. The lowest BCUT2D eigenvalue weighted by Gasteiger charge is -2.30. The average Bonchev–Trinajstić information content (AvgIpc) is 2.87. The van der Waals surface area contributed by atoms with Gasteiger partial charge in [-0.1, -0.05) is 18.2 Å². The van der Waals surface area contributed by atoms with Gasteiger partial charge in [0.1, 0.15) is 17.7 Å². The van der Waals surface area contributed by atoms with Crippen molar-refractivity contribution in [2.24, 2.45) is 5.92 Å². The summed E-state index contributed by atoms with van der Waals surface area (Å²) >= 11 is 0. The van der Waals surface area contributed by atoms with Crippen LogP contribution in [0.15, 0.2) is 52.9 Å². The van der Waals surface area contributed by atoms with Crippen molar-refractivity contribution in [1.82, 2.24) is 4.31 Å². The molecule has 0 saturated carbocycles. The van der Waals surface area contributed by atoms with Crippen molar-refractivity contribution in [3.63, 3.8) is 0 Å². The maximum atomic E-state index is 13.0. The van der Waals surface area contributed by atoms with Crippen molar-refractivity contribution in [3.8, 4) is 23.6 Å². The molecule has 3 rings (SSSR count). The number of nitriles is 2. The lowest BCUT2D eigenvalue weighted by Crippen LogP contribution is -2.41. The fourth-order valence-corrected chi connectivity index (χ4v) is 5.23. The standard InChI is InChI=1S/C23H20N4O7S/c1-33-21-13-16(12-17(14-24)15-25)6-7-20(21)34-23(28)18-8-10-26(11-9-18)35(31,32)22-5-3-2-4-19(22)27(29)30/h2-7,12-13,18H,8-11H2,1H3. The first-order valence-electron chi connectivity index (χ1n) is 10.4. The number of nitro benzene ring substituents is 1. The van der Waals surface area contributed by atoms with E-state index in [1.807, 2.05) is 0 Å². The van der Waals surface area contributed by atoms with Crippen molar-refractivity contribution >= 4 is 27.8 Å². The van der Waals surface area contributed by atoms with Crippen LogP contribution in [0.25, 0.3) is 6.08 Å². The highest BCUT2D eigenvalue weighted by Gasteiger charge is 2.36. The summed E-state index contributed by atoms with van der Waals surface area (Å²) < 4.78 is 37.8. The molecule has 0 N–H and O–H groups in total. The van der Waals surface area contributed by atoms with E-state index >= 15 is 0 Å². The number of sulfonamides is 1. The van der Waals surface area contributed by atoms with Crippen LogP contribution in [0.1, 0.15) is 18.4 Å². The summed E-state index contributed by atoms with van der Waals surface area (Å²) in [6, 6.07) is 13.2. The Morgan fingerprint density at radius 2 is 1.80 bits per heavy atom. The molecular weight excluding hydrogens is 476 g/mol. The van der Waals surface area contributed by atoms with E-state index in [0.29, 0.717) is 5.56 Å². The molecule has 0 unspecified atom stereocenters. The Morgan fingerprint density at radius 1 is 1.14 bits per heavy atom. The zero-order valence-electron chi connectivity index (χ0n) is 18.6. The number of hydrogen-bond acceptors (Lipinski definition) is 9. The SMILES string of the molecule is COc1cc(C=C(C#N)C#N)ccc1OC(=O)C1CCN(S(=O)(=O)c2ccccc2[N+](=O)[O-])CC1. The maximum Gasteiger partial charge on any atom is 0.314 e. The number of methoxy groups -OCH3 is 1. The van der Waals surface area contributed by atoms with Crippen molar-refractivity contribution in [2.75, 3.05) is 20.2 Å². The second kappa shape index (κ2) is 10.8. The van der Waals surface area contributed by atoms with E-state index in [1.165, 1.54) is 43.5 Å². The average molecular weight is 497 g/mol. The highest BCUT2D eigenvalue weighted by atomic mass is 32.2. The van der Waals surface area contributed by atoms with Gasteiger partial charge < -0.3 is 9.47 Å². The van der Waals surface area contributed by atoms with Crippen LogP contribution in [0, 0.1) is 38.7 Å². The molecule has 0 spiro atoms. The molecule has 1 saturated heterocycles. The number of para-hydroxylation sites is 1. The second-order valence-corrected chi connectivity index (χ2v) is 9.42. The van der Waals surface area contributed by atoms with Gasteiger partial charge in [0.15, 0.2) is 16.4 Å². The van der Waals surface area contributed by atoms with Gasteiger partial charge in [-0.2, -0.15) is 14.8 Å². The van der Waals surface area contributed by atoms with Gasteiger partial charge in [0, 0.05) is 19.2 Å². The first kappa shape index (κ1) is 25.4. The normalized spacial score (nSPS) is 14.3. The van der Waals surface area contributed by atoms with Crippen LogP contribution < -0.4 is 9.47 Å². The number of allylic oxidation sites excluding steroid dienone is 1. The summed E-state index contributed by atoms with van der Waals surface area (Å²) in [6.07, 6.45) is 1.71. The number of benzene rings is 2. The van der Waals surface area contributed by atoms with E-state index in [2.05, 4.69) is 0 Å². The van der Waals surface area contributed by atoms with Gasteiger partial charge in [-0.3, -0.25) is 14.9 Å². The molecule has 0 aliphatic carbocycles. The highest BCUT2D eigenvalue weighted by molar-refractivity contribution is 7.89.